The molecule has 29 heavy (non-hydrogen) atoms. The number of methoxy groups -OCH3 is 1. The third-order valence-corrected chi connectivity index (χ3v) is 4.89. The third-order valence-electron chi connectivity index (χ3n) is 4.89. The minimum atomic E-state index is -0.229. The molecule has 1 fully saturated rings. The van der Waals surface area contributed by atoms with E-state index in [9.17, 15) is 4.79 Å². The Morgan fingerprint density at radius 3 is 2.86 bits per heavy atom. The number of nitrogens with one attached hydrogen (secondary N) is 1. The van der Waals surface area contributed by atoms with Gasteiger partial charge in [0.05, 0.1) is 26.5 Å². The molecule has 0 radical (unpaired) electrons. The van der Waals surface area contributed by atoms with Crippen molar-refractivity contribution in [2.45, 2.75) is 18.9 Å². The average Bonchev–Trinajstić information content (AvgIpc) is 3.39. The Bertz CT molecular complexity index is 1040. The van der Waals surface area contributed by atoms with Gasteiger partial charge in [-0.25, -0.2) is 4.68 Å². The summed E-state index contributed by atoms with van der Waals surface area (Å²) in [5.41, 5.74) is 1.96. The van der Waals surface area contributed by atoms with Crippen molar-refractivity contribution in [3.63, 3.8) is 0 Å². The molecule has 1 aliphatic carbocycles. The highest BCUT2D eigenvalue weighted by Gasteiger charge is 2.40. The summed E-state index contributed by atoms with van der Waals surface area (Å²) in [6.07, 6.45) is 4.54. The number of anilines is 1. The second-order valence-electron chi connectivity index (χ2n) is 7.10. The minimum absolute atomic E-state index is 0.229. The van der Waals surface area contributed by atoms with Gasteiger partial charge in [-0.1, -0.05) is 5.21 Å². The Balaban J connectivity index is 1.36. The van der Waals surface area contributed by atoms with Crippen molar-refractivity contribution >= 4 is 5.69 Å². The molecule has 10 nitrogen and oxygen atoms in total. The number of ether oxygens (including phenoxy) is 2. The van der Waals surface area contributed by atoms with Gasteiger partial charge in [0.1, 0.15) is 17.1 Å². The molecule has 0 aromatic carbocycles. The fourth-order valence-corrected chi connectivity index (χ4v) is 3.16. The summed E-state index contributed by atoms with van der Waals surface area (Å²) in [5.74, 6) is 1.91. The molecular formula is C19H23N7O3. The van der Waals surface area contributed by atoms with Crippen LogP contribution in [0.2, 0.25) is 0 Å². The highest BCUT2D eigenvalue weighted by molar-refractivity contribution is 5.43. The van der Waals surface area contributed by atoms with Crippen LogP contribution >= 0.6 is 0 Å². The number of pyridine rings is 1. The second-order valence-corrected chi connectivity index (χ2v) is 7.10. The molecule has 1 saturated carbocycles. The van der Waals surface area contributed by atoms with Crippen molar-refractivity contribution in [3.05, 3.63) is 52.3 Å². The van der Waals surface area contributed by atoms with Crippen LogP contribution in [0.1, 0.15) is 23.7 Å². The van der Waals surface area contributed by atoms with Crippen molar-refractivity contribution < 1.29 is 9.47 Å². The molecule has 3 heterocycles. The zero-order valence-electron chi connectivity index (χ0n) is 16.6. The first-order valence-corrected chi connectivity index (χ1v) is 9.33. The lowest BCUT2D eigenvalue weighted by Crippen LogP contribution is -2.24. The minimum Gasteiger partial charge on any atom is -0.495 e. The standard InChI is InChI=1S/C19H23N7O3/c1-25-10-13(22-24-25)8-20-17-7-18(23-26(2)19(17)27)29-11-12-6-15(12)16-5-4-14(28-3)9-21-16/h4-5,7,9-10,12,15,20H,6,8,11H2,1-3H3/t12-,15+/m1/s1. The van der Waals surface area contributed by atoms with Gasteiger partial charge in [-0.15, -0.1) is 10.2 Å². The maximum absolute atomic E-state index is 12.3. The third kappa shape index (κ3) is 4.36. The average molecular weight is 397 g/mol. The first-order chi connectivity index (χ1) is 14.0. The van der Waals surface area contributed by atoms with Crippen molar-refractivity contribution in [2.24, 2.45) is 20.0 Å². The van der Waals surface area contributed by atoms with Crippen molar-refractivity contribution in [1.82, 2.24) is 29.8 Å². The molecule has 0 aliphatic heterocycles. The number of aromatic nitrogens is 6. The van der Waals surface area contributed by atoms with E-state index < -0.39 is 0 Å². The zero-order valence-corrected chi connectivity index (χ0v) is 16.6. The molecule has 152 valence electrons. The Morgan fingerprint density at radius 2 is 2.17 bits per heavy atom. The normalized spacial score (nSPS) is 17.8. The maximum atomic E-state index is 12.3. The summed E-state index contributed by atoms with van der Waals surface area (Å²) < 4.78 is 13.9. The molecule has 4 rings (SSSR count). The Kier molecular flexibility index (Phi) is 5.15. The van der Waals surface area contributed by atoms with Crippen LogP contribution in [-0.2, 0) is 20.6 Å². The van der Waals surface area contributed by atoms with Gasteiger partial charge < -0.3 is 14.8 Å². The molecule has 2 atom stereocenters. The van der Waals surface area contributed by atoms with Crippen LogP contribution in [0.5, 0.6) is 11.6 Å². The van der Waals surface area contributed by atoms with E-state index in [2.05, 4.69) is 25.7 Å². The number of hydrogen-bond donors (Lipinski definition) is 1. The van der Waals surface area contributed by atoms with Crippen LogP contribution in [-0.4, -0.2) is 43.5 Å². The SMILES string of the molecule is COc1ccc([C@H]2C[C@@H]2COc2cc(NCc3cn(C)nn3)c(=O)n(C)n2)nc1. The summed E-state index contributed by atoms with van der Waals surface area (Å²) in [7, 11) is 5.02. The first-order valence-electron chi connectivity index (χ1n) is 9.33. The van der Waals surface area contributed by atoms with Gasteiger partial charge in [-0.2, -0.15) is 0 Å². The van der Waals surface area contributed by atoms with E-state index in [1.807, 2.05) is 12.1 Å². The molecule has 0 unspecified atom stereocenters. The second kappa shape index (κ2) is 7.90. The molecule has 3 aromatic heterocycles. The fourth-order valence-electron chi connectivity index (χ4n) is 3.16. The highest BCUT2D eigenvalue weighted by Crippen LogP contribution is 2.46. The summed E-state index contributed by atoms with van der Waals surface area (Å²) in [5, 5.41) is 15.2. The molecule has 1 N–H and O–H groups in total. The van der Waals surface area contributed by atoms with E-state index in [0.717, 1.165) is 23.6 Å². The van der Waals surface area contributed by atoms with E-state index in [-0.39, 0.29) is 5.56 Å². The van der Waals surface area contributed by atoms with Crippen molar-refractivity contribution in [1.29, 1.82) is 0 Å². The number of nitrogens with zero attached hydrogens (tertiary/aromatic N) is 6. The quantitative estimate of drug-likeness (QED) is 0.602. The smallest absolute Gasteiger partial charge is 0.290 e. The van der Waals surface area contributed by atoms with E-state index >= 15 is 0 Å². The zero-order chi connectivity index (χ0) is 20.4. The lowest BCUT2D eigenvalue weighted by atomic mass is 10.2. The lowest BCUT2D eigenvalue weighted by Gasteiger charge is -2.10. The van der Waals surface area contributed by atoms with E-state index in [1.165, 1.54) is 4.68 Å². The van der Waals surface area contributed by atoms with E-state index in [1.54, 1.807) is 44.3 Å². The van der Waals surface area contributed by atoms with Crippen LogP contribution in [0.4, 0.5) is 5.69 Å². The van der Waals surface area contributed by atoms with Gasteiger partial charge in [-0.3, -0.25) is 14.5 Å². The topological polar surface area (TPSA) is 109 Å². The van der Waals surface area contributed by atoms with Gasteiger partial charge in [0.2, 0.25) is 5.88 Å². The Labute approximate surface area is 167 Å². The predicted octanol–water partition coefficient (Wildman–Crippen LogP) is 1.11. The van der Waals surface area contributed by atoms with Crippen LogP contribution < -0.4 is 20.3 Å². The first kappa shape index (κ1) is 18.9. The number of rotatable bonds is 8. The summed E-state index contributed by atoms with van der Waals surface area (Å²) >= 11 is 0. The lowest BCUT2D eigenvalue weighted by molar-refractivity contribution is 0.278. The highest BCUT2D eigenvalue weighted by atomic mass is 16.5. The molecule has 0 amide bonds. The molecule has 1 aliphatic rings. The van der Waals surface area contributed by atoms with E-state index in [0.29, 0.717) is 36.6 Å². The van der Waals surface area contributed by atoms with Crippen LogP contribution in [0.3, 0.4) is 0 Å². The van der Waals surface area contributed by atoms with Crippen LogP contribution in [0, 0.1) is 5.92 Å². The molecule has 10 heteroatoms. The van der Waals surface area contributed by atoms with Crippen molar-refractivity contribution in [3.8, 4) is 11.6 Å². The monoisotopic (exact) mass is 397 g/mol. The maximum Gasteiger partial charge on any atom is 0.290 e. The van der Waals surface area contributed by atoms with E-state index in [4.69, 9.17) is 9.47 Å². The molecule has 0 bridgehead atoms. The van der Waals surface area contributed by atoms with Crippen molar-refractivity contribution in [2.75, 3.05) is 19.0 Å². The molecule has 3 aromatic rings. The fraction of sp³-hybridized carbons (Fsp3) is 0.421. The van der Waals surface area contributed by atoms with Gasteiger partial charge in [0.25, 0.3) is 5.56 Å². The Hall–Kier alpha value is -3.43. The van der Waals surface area contributed by atoms with Crippen LogP contribution in [0.15, 0.2) is 35.4 Å². The molecule has 0 saturated heterocycles. The summed E-state index contributed by atoms with van der Waals surface area (Å²) in [4.78, 5) is 16.8. The molecule has 0 spiro atoms. The van der Waals surface area contributed by atoms with Gasteiger partial charge in [-0.05, 0) is 18.6 Å². The van der Waals surface area contributed by atoms with Gasteiger partial charge >= 0.3 is 0 Å². The van der Waals surface area contributed by atoms with Crippen LogP contribution in [0.25, 0.3) is 0 Å². The number of aryl methyl sites for hydroxylation is 2. The van der Waals surface area contributed by atoms with Gasteiger partial charge in [0.15, 0.2) is 0 Å². The molecular weight excluding hydrogens is 374 g/mol. The summed E-state index contributed by atoms with van der Waals surface area (Å²) in [6, 6.07) is 5.53. The summed E-state index contributed by atoms with van der Waals surface area (Å²) in [6.45, 7) is 0.910. The van der Waals surface area contributed by atoms with Gasteiger partial charge in [0, 0.05) is 43.9 Å². The predicted molar refractivity (Wildman–Crippen MR) is 105 cm³/mol. The largest absolute Gasteiger partial charge is 0.495 e. The number of hydrogen-bond acceptors (Lipinski definition) is 8. The Morgan fingerprint density at radius 1 is 1.31 bits per heavy atom.